The van der Waals surface area contributed by atoms with E-state index >= 15 is 0 Å². The largest absolute Gasteiger partial charge is 0.510 e. The Bertz CT molecular complexity index is 925. The summed E-state index contributed by atoms with van der Waals surface area (Å²) in [7, 11) is 8.74. The molecule has 0 aliphatic rings. The minimum atomic E-state index is -0.752. The van der Waals surface area contributed by atoms with Gasteiger partial charge in [-0.1, -0.05) is 11.6 Å². The standard InChI is InChI=1S/C27H39ClNO7/c1-19(35-27(30)36-20(2)28)9-8-14-29(3,17-21-10-12-23(31-4)25(15-21)33-6)18-22-11-13-24(32-5)26(16-22)34-7/h10-13,15-16,19-20H,8-9,14,17-18H2,1-7H3/q+1. The third-order valence-corrected chi connectivity index (χ3v) is 5.98. The van der Waals surface area contributed by atoms with Crippen molar-refractivity contribution in [3.05, 3.63) is 47.5 Å². The van der Waals surface area contributed by atoms with Crippen LogP contribution >= 0.6 is 11.6 Å². The molecule has 2 rings (SSSR count). The van der Waals surface area contributed by atoms with E-state index in [4.69, 9.17) is 40.0 Å². The fraction of sp³-hybridized carbons (Fsp3) is 0.519. The zero-order valence-electron chi connectivity index (χ0n) is 22.3. The minimum Gasteiger partial charge on any atom is -0.493 e. The Morgan fingerprint density at radius 3 is 1.69 bits per heavy atom. The van der Waals surface area contributed by atoms with E-state index in [-0.39, 0.29) is 6.10 Å². The van der Waals surface area contributed by atoms with Gasteiger partial charge in [-0.05, 0) is 56.7 Å². The lowest BCUT2D eigenvalue weighted by Crippen LogP contribution is -2.43. The molecule has 2 unspecified atom stereocenters. The molecule has 36 heavy (non-hydrogen) atoms. The maximum absolute atomic E-state index is 11.8. The Hall–Kier alpha value is -2.84. The lowest BCUT2D eigenvalue weighted by molar-refractivity contribution is -0.935. The molecular formula is C27H39ClNO7+. The van der Waals surface area contributed by atoms with Crippen molar-refractivity contribution in [3.8, 4) is 23.0 Å². The minimum absolute atomic E-state index is 0.288. The molecule has 0 spiro atoms. The second-order valence-corrected chi connectivity index (χ2v) is 9.63. The van der Waals surface area contributed by atoms with Crippen molar-refractivity contribution in [2.75, 3.05) is 42.0 Å². The van der Waals surface area contributed by atoms with Crippen LogP contribution in [-0.4, -0.2) is 64.3 Å². The summed E-state index contributed by atoms with van der Waals surface area (Å²) in [6, 6.07) is 12.0. The molecule has 0 aliphatic heterocycles. The normalized spacial score (nSPS) is 12.9. The van der Waals surface area contributed by atoms with Crippen molar-refractivity contribution in [1.29, 1.82) is 0 Å². The highest BCUT2D eigenvalue weighted by Crippen LogP contribution is 2.32. The molecule has 0 aliphatic carbocycles. The summed E-state index contributed by atoms with van der Waals surface area (Å²) in [5.41, 5.74) is 1.52. The molecule has 0 saturated carbocycles. The van der Waals surface area contributed by atoms with Crippen LogP contribution < -0.4 is 18.9 Å². The molecule has 2 atom stereocenters. The van der Waals surface area contributed by atoms with E-state index in [9.17, 15) is 4.79 Å². The zero-order chi connectivity index (χ0) is 26.7. The highest BCUT2D eigenvalue weighted by Gasteiger charge is 2.25. The molecule has 0 aromatic heterocycles. The van der Waals surface area contributed by atoms with Crippen molar-refractivity contribution in [3.63, 3.8) is 0 Å². The number of methoxy groups -OCH3 is 4. The fourth-order valence-electron chi connectivity index (χ4n) is 4.20. The lowest BCUT2D eigenvalue weighted by Gasteiger charge is -2.35. The average molecular weight is 525 g/mol. The fourth-order valence-corrected chi connectivity index (χ4v) is 4.27. The first-order valence-corrected chi connectivity index (χ1v) is 12.3. The van der Waals surface area contributed by atoms with Gasteiger partial charge in [0, 0.05) is 17.5 Å². The molecule has 0 N–H and O–H groups in total. The average Bonchev–Trinajstić information content (AvgIpc) is 2.83. The summed E-state index contributed by atoms with van der Waals surface area (Å²) >= 11 is 5.70. The Morgan fingerprint density at radius 2 is 1.28 bits per heavy atom. The first-order chi connectivity index (χ1) is 17.1. The van der Waals surface area contributed by atoms with Crippen LogP contribution in [0.25, 0.3) is 0 Å². The van der Waals surface area contributed by atoms with Crippen LogP contribution in [0.3, 0.4) is 0 Å². The number of carbonyl (C=O) groups excluding carboxylic acids is 1. The van der Waals surface area contributed by atoms with Gasteiger partial charge >= 0.3 is 6.16 Å². The molecule has 0 fully saturated rings. The van der Waals surface area contributed by atoms with Crippen LogP contribution in [0.4, 0.5) is 4.79 Å². The lowest BCUT2D eigenvalue weighted by atomic mass is 10.1. The van der Waals surface area contributed by atoms with Crippen molar-refractivity contribution in [2.45, 2.75) is 51.4 Å². The van der Waals surface area contributed by atoms with Gasteiger partial charge < -0.3 is 32.9 Å². The maximum atomic E-state index is 11.8. The molecule has 2 aromatic rings. The van der Waals surface area contributed by atoms with Crippen LogP contribution in [-0.2, 0) is 22.6 Å². The van der Waals surface area contributed by atoms with Gasteiger partial charge in [0.25, 0.3) is 0 Å². The van der Waals surface area contributed by atoms with Gasteiger partial charge in [0.2, 0.25) is 0 Å². The molecule has 2 aromatic carbocycles. The van der Waals surface area contributed by atoms with Gasteiger partial charge in [-0.25, -0.2) is 4.79 Å². The van der Waals surface area contributed by atoms with Gasteiger partial charge in [0.05, 0.1) is 42.0 Å². The number of benzene rings is 2. The van der Waals surface area contributed by atoms with Crippen molar-refractivity contribution in [1.82, 2.24) is 0 Å². The SMILES string of the molecule is COc1ccc(C[N+](C)(CCCC(C)OC(=O)OC(C)Cl)Cc2ccc(OC)c(OC)c2)cc1OC. The number of quaternary nitrogens is 1. The molecule has 8 nitrogen and oxygen atoms in total. The van der Waals surface area contributed by atoms with E-state index in [1.165, 1.54) is 0 Å². The number of rotatable bonds is 14. The van der Waals surface area contributed by atoms with Crippen molar-refractivity contribution in [2.24, 2.45) is 0 Å². The Balaban J connectivity index is 2.20. The van der Waals surface area contributed by atoms with Crippen LogP contribution in [0.2, 0.25) is 0 Å². The second kappa shape index (κ2) is 14.0. The summed E-state index contributed by atoms with van der Waals surface area (Å²) in [6.45, 7) is 5.79. The molecule has 0 heterocycles. The van der Waals surface area contributed by atoms with Crippen LogP contribution in [0, 0.1) is 0 Å². The topological polar surface area (TPSA) is 72.5 Å². The van der Waals surface area contributed by atoms with Crippen LogP contribution in [0.15, 0.2) is 36.4 Å². The smallest absolute Gasteiger partial charge is 0.493 e. The Labute approximate surface area is 219 Å². The van der Waals surface area contributed by atoms with Crippen molar-refractivity contribution >= 4 is 17.8 Å². The first kappa shape index (κ1) is 29.4. The summed E-state index contributed by atoms with van der Waals surface area (Å²) in [6.07, 6.45) is 0.487. The molecule has 0 radical (unpaired) electrons. The number of hydrogen-bond acceptors (Lipinski definition) is 7. The van der Waals surface area contributed by atoms with Crippen LogP contribution in [0.1, 0.15) is 37.8 Å². The number of alkyl halides is 1. The molecule has 0 bridgehead atoms. The van der Waals surface area contributed by atoms with Crippen LogP contribution in [0.5, 0.6) is 23.0 Å². The summed E-state index contributed by atoms with van der Waals surface area (Å²) in [4.78, 5) is 11.8. The summed E-state index contributed by atoms with van der Waals surface area (Å²) in [5, 5.41) is 0. The number of hydrogen-bond donors (Lipinski definition) is 0. The molecule has 9 heteroatoms. The van der Waals surface area contributed by atoms with E-state index < -0.39 is 11.7 Å². The molecule has 200 valence electrons. The summed E-state index contributed by atoms with van der Waals surface area (Å²) < 4.78 is 32.7. The molecule has 0 amide bonds. The van der Waals surface area contributed by atoms with E-state index in [0.29, 0.717) is 33.9 Å². The zero-order valence-corrected chi connectivity index (χ0v) is 23.1. The Kier molecular flexibility index (Phi) is 11.5. The second-order valence-electron chi connectivity index (χ2n) is 9.02. The maximum Gasteiger partial charge on any atom is 0.510 e. The number of ether oxygens (including phenoxy) is 6. The number of carbonyl (C=O) groups is 1. The van der Waals surface area contributed by atoms with Gasteiger partial charge in [0.1, 0.15) is 19.2 Å². The van der Waals surface area contributed by atoms with Gasteiger partial charge in [-0.15, -0.1) is 0 Å². The first-order valence-electron chi connectivity index (χ1n) is 11.9. The van der Waals surface area contributed by atoms with Gasteiger partial charge in [-0.2, -0.15) is 0 Å². The quantitative estimate of drug-likeness (QED) is 0.176. The van der Waals surface area contributed by atoms with E-state index in [2.05, 4.69) is 19.2 Å². The Morgan fingerprint density at radius 1 is 0.806 bits per heavy atom. The summed E-state index contributed by atoms with van der Waals surface area (Å²) in [5.74, 6) is 2.78. The van der Waals surface area contributed by atoms with Gasteiger partial charge in [0.15, 0.2) is 28.6 Å². The van der Waals surface area contributed by atoms with Gasteiger partial charge in [-0.3, -0.25) is 0 Å². The monoisotopic (exact) mass is 524 g/mol. The predicted octanol–water partition coefficient (Wildman–Crippen LogP) is 5.77. The van der Waals surface area contributed by atoms with E-state index in [1.807, 2.05) is 31.2 Å². The predicted molar refractivity (Wildman–Crippen MR) is 139 cm³/mol. The van der Waals surface area contributed by atoms with E-state index in [0.717, 1.165) is 37.2 Å². The molecular weight excluding hydrogens is 486 g/mol. The number of nitrogens with zero attached hydrogens (tertiary/aromatic N) is 1. The third-order valence-electron chi connectivity index (χ3n) is 5.89. The highest BCUT2D eigenvalue weighted by molar-refractivity contribution is 6.19. The van der Waals surface area contributed by atoms with Crippen molar-refractivity contribution < 1.29 is 37.7 Å². The molecule has 0 saturated heterocycles. The number of halogens is 1. The van der Waals surface area contributed by atoms with E-state index in [1.54, 1.807) is 35.4 Å². The highest BCUT2D eigenvalue weighted by atomic mass is 35.5. The third kappa shape index (κ3) is 8.99.